The zero-order chi connectivity index (χ0) is 18.0. The summed E-state index contributed by atoms with van der Waals surface area (Å²) in [5, 5.41) is 4.99. The third-order valence-corrected chi connectivity index (χ3v) is 5.89. The van der Waals surface area contributed by atoms with Crippen LogP contribution in [0.5, 0.6) is 0 Å². The van der Waals surface area contributed by atoms with Crippen LogP contribution in [0.15, 0.2) is 84.0 Å². The highest BCUT2D eigenvalue weighted by molar-refractivity contribution is 6.11. The van der Waals surface area contributed by atoms with Crippen molar-refractivity contribution in [2.24, 2.45) is 12.0 Å². The number of aryl methyl sites for hydroxylation is 1. The maximum Gasteiger partial charge on any atom is 0.131 e. The van der Waals surface area contributed by atoms with Crippen LogP contribution in [-0.2, 0) is 7.05 Å². The Morgan fingerprint density at radius 3 is 2.30 bits per heavy atom. The van der Waals surface area contributed by atoms with Gasteiger partial charge in [0.2, 0.25) is 0 Å². The van der Waals surface area contributed by atoms with Gasteiger partial charge in [0.15, 0.2) is 0 Å². The van der Waals surface area contributed by atoms with E-state index in [-0.39, 0.29) is 12.1 Å². The van der Waals surface area contributed by atoms with E-state index in [0.29, 0.717) is 0 Å². The molecule has 3 nitrogen and oxygen atoms in total. The number of nitrogens with one attached hydrogen (secondary N) is 1. The minimum Gasteiger partial charge on any atom is -0.360 e. The summed E-state index contributed by atoms with van der Waals surface area (Å²) in [4.78, 5) is 5.18. The minimum atomic E-state index is 0.116. The van der Waals surface area contributed by atoms with Crippen LogP contribution in [0.2, 0.25) is 0 Å². The average Bonchev–Trinajstić information content (AvgIpc) is 3.31. The van der Waals surface area contributed by atoms with E-state index in [9.17, 15) is 0 Å². The van der Waals surface area contributed by atoms with Crippen molar-refractivity contribution in [3.05, 3.63) is 95.7 Å². The van der Waals surface area contributed by atoms with Crippen LogP contribution >= 0.6 is 0 Å². The molecule has 0 radical (unpaired) electrons. The highest BCUT2D eigenvalue weighted by atomic mass is 15.1. The highest BCUT2D eigenvalue weighted by Gasteiger charge is 2.38. The molecule has 1 aliphatic heterocycles. The van der Waals surface area contributed by atoms with Gasteiger partial charge < -0.3 is 9.88 Å². The topological polar surface area (TPSA) is 29.3 Å². The van der Waals surface area contributed by atoms with Crippen molar-refractivity contribution in [1.29, 1.82) is 0 Å². The number of fused-ring (bicyclic) bond motifs is 7. The number of hydrogen-bond acceptors (Lipinski definition) is 2. The second-order valence-corrected chi connectivity index (χ2v) is 7.39. The summed E-state index contributed by atoms with van der Waals surface area (Å²) in [6.45, 7) is 0. The van der Waals surface area contributed by atoms with Gasteiger partial charge in [-0.15, -0.1) is 0 Å². The highest BCUT2D eigenvalue weighted by Crippen LogP contribution is 2.48. The predicted molar refractivity (Wildman–Crippen MR) is 110 cm³/mol. The quantitative estimate of drug-likeness (QED) is 0.515. The molecule has 1 aromatic heterocycles. The van der Waals surface area contributed by atoms with Gasteiger partial charge >= 0.3 is 0 Å². The Bertz CT molecular complexity index is 1230. The molecular weight excluding hydrogens is 330 g/mol. The minimum absolute atomic E-state index is 0.116. The Hall–Kier alpha value is -3.33. The first kappa shape index (κ1) is 14.8. The zero-order valence-corrected chi connectivity index (χ0v) is 15.1. The Morgan fingerprint density at radius 2 is 1.44 bits per heavy atom. The summed E-state index contributed by atoms with van der Waals surface area (Å²) in [6, 6.07) is 26.2. The van der Waals surface area contributed by atoms with Crippen LogP contribution in [-0.4, -0.2) is 10.4 Å². The molecule has 27 heavy (non-hydrogen) atoms. The first-order valence-electron chi connectivity index (χ1n) is 9.38. The molecule has 2 aliphatic rings. The Balaban J connectivity index is 1.56. The van der Waals surface area contributed by atoms with Gasteiger partial charge in [-0.25, -0.2) is 0 Å². The molecular formula is C24H19N3. The molecule has 3 heteroatoms. The van der Waals surface area contributed by atoms with Crippen molar-refractivity contribution in [2.75, 3.05) is 0 Å². The zero-order valence-electron chi connectivity index (χ0n) is 15.1. The van der Waals surface area contributed by atoms with Gasteiger partial charge in [0, 0.05) is 29.7 Å². The maximum atomic E-state index is 5.18. The standard InChI is InChI=1S/C24H19N3/c1-27-14-20(17-10-6-7-13-21(17)27)24-25-22-18-11-4-2-8-15(18)16-9-3-5-12-19(16)23(22)26-24/h2-14,22-23H,1H3,(H,25,26). The van der Waals surface area contributed by atoms with E-state index >= 15 is 0 Å². The van der Waals surface area contributed by atoms with Crippen LogP contribution in [0.4, 0.5) is 0 Å². The molecule has 4 aromatic rings. The van der Waals surface area contributed by atoms with Crippen LogP contribution in [0, 0.1) is 0 Å². The van der Waals surface area contributed by atoms with E-state index < -0.39 is 0 Å². The first-order valence-corrected chi connectivity index (χ1v) is 9.38. The number of para-hydroxylation sites is 1. The Labute approximate surface area is 158 Å². The molecule has 0 saturated heterocycles. The number of rotatable bonds is 1. The Morgan fingerprint density at radius 1 is 0.778 bits per heavy atom. The molecule has 2 atom stereocenters. The molecule has 0 fully saturated rings. The monoisotopic (exact) mass is 349 g/mol. The second kappa shape index (κ2) is 5.34. The number of nitrogens with zero attached hydrogens (tertiary/aromatic N) is 2. The molecule has 130 valence electrons. The van der Waals surface area contributed by atoms with Crippen LogP contribution in [0.3, 0.4) is 0 Å². The van der Waals surface area contributed by atoms with Crippen molar-refractivity contribution < 1.29 is 0 Å². The molecule has 0 bridgehead atoms. The van der Waals surface area contributed by atoms with Crippen molar-refractivity contribution >= 4 is 16.7 Å². The fourth-order valence-electron chi connectivity index (χ4n) is 4.67. The normalized spacial score (nSPS) is 19.8. The van der Waals surface area contributed by atoms with E-state index in [1.807, 2.05) is 0 Å². The van der Waals surface area contributed by atoms with Gasteiger partial charge in [0.25, 0.3) is 0 Å². The van der Waals surface area contributed by atoms with Gasteiger partial charge in [-0.2, -0.15) is 0 Å². The fourth-order valence-corrected chi connectivity index (χ4v) is 4.67. The second-order valence-electron chi connectivity index (χ2n) is 7.39. The van der Waals surface area contributed by atoms with Crippen LogP contribution in [0.25, 0.3) is 22.0 Å². The SMILES string of the molecule is Cn1cc(C2=NC3c4ccccc4-c4ccccc4C3N2)c2ccccc21. The average molecular weight is 349 g/mol. The molecule has 3 aromatic carbocycles. The summed E-state index contributed by atoms with van der Waals surface area (Å²) in [6.07, 6.45) is 2.19. The van der Waals surface area contributed by atoms with Gasteiger partial charge in [0.1, 0.15) is 11.9 Å². The molecule has 0 amide bonds. The molecule has 6 rings (SSSR count). The van der Waals surface area contributed by atoms with E-state index in [2.05, 4.69) is 95.9 Å². The summed E-state index contributed by atoms with van der Waals surface area (Å²) in [5.41, 5.74) is 7.67. The van der Waals surface area contributed by atoms with Gasteiger partial charge in [-0.1, -0.05) is 66.7 Å². The summed E-state index contributed by atoms with van der Waals surface area (Å²) in [7, 11) is 2.10. The van der Waals surface area contributed by atoms with Crippen LogP contribution in [0.1, 0.15) is 28.8 Å². The first-order chi connectivity index (χ1) is 13.3. The lowest BCUT2D eigenvalue weighted by Gasteiger charge is -2.29. The smallest absolute Gasteiger partial charge is 0.131 e. The lowest BCUT2D eigenvalue weighted by atomic mass is 9.80. The third-order valence-electron chi connectivity index (χ3n) is 5.89. The summed E-state index contributed by atoms with van der Waals surface area (Å²) in [5.74, 6) is 0.994. The van der Waals surface area contributed by atoms with Crippen molar-refractivity contribution in [3.8, 4) is 11.1 Å². The van der Waals surface area contributed by atoms with Crippen LogP contribution < -0.4 is 5.32 Å². The maximum absolute atomic E-state index is 5.18. The molecule has 0 spiro atoms. The fraction of sp³-hybridized carbons (Fsp3) is 0.125. The predicted octanol–water partition coefficient (Wildman–Crippen LogP) is 4.99. The van der Waals surface area contributed by atoms with E-state index in [1.54, 1.807) is 0 Å². The van der Waals surface area contributed by atoms with Gasteiger partial charge in [0.05, 0.1) is 6.04 Å². The lowest BCUT2D eigenvalue weighted by Crippen LogP contribution is -2.27. The van der Waals surface area contributed by atoms with Crippen molar-refractivity contribution in [3.63, 3.8) is 0 Å². The molecule has 2 unspecified atom stereocenters. The number of aromatic nitrogens is 1. The number of hydrogen-bond donors (Lipinski definition) is 1. The van der Waals surface area contributed by atoms with E-state index in [4.69, 9.17) is 4.99 Å². The number of amidine groups is 1. The third kappa shape index (κ3) is 2.00. The molecule has 2 heterocycles. The summed E-state index contributed by atoms with van der Waals surface area (Å²) >= 11 is 0. The largest absolute Gasteiger partial charge is 0.360 e. The molecule has 0 saturated carbocycles. The van der Waals surface area contributed by atoms with E-state index in [0.717, 1.165) is 5.84 Å². The molecule has 1 aliphatic carbocycles. The summed E-state index contributed by atoms with van der Waals surface area (Å²) < 4.78 is 2.18. The Kier molecular flexibility index (Phi) is 2.92. The van der Waals surface area contributed by atoms with Gasteiger partial charge in [-0.3, -0.25) is 4.99 Å². The number of aliphatic imine (C=N–C) groups is 1. The number of benzene rings is 3. The molecule has 1 N–H and O–H groups in total. The van der Waals surface area contributed by atoms with E-state index in [1.165, 1.54) is 38.7 Å². The lowest BCUT2D eigenvalue weighted by molar-refractivity contribution is 0.566. The van der Waals surface area contributed by atoms with Crippen molar-refractivity contribution in [1.82, 2.24) is 9.88 Å². The van der Waals surface area contributed by atoms with Crippen molar-refractivity contribution in [2.45, 2.75) is 12.1 Å². The van der Waals surface area contributed by atoms with Gasteiger partial charge in [-0.05, 0) is 28.3 Å².